The van der Waals surface area contributed by atoms with Gasteiger partial charge in [-0.05, 0) is 51.5 Å². The van der Waals surface area contributed by atoms with Crippen LogP contribution in [0.15, 0.2) is 65.4 Å². The van der Waals surface area contributed by atoms with Crippen molar-refractivity contribution in [3.8, 4) is 11.1 Å². The van der Waals surface area contributed by atoms with Crippen LogP contribution in [0.25, 0.3) is 11.1 Å². The number of piperidine rings is 1. The predicted molar refractivity (Wildman–Crippen MR) is 140 cm³/mol. The van der Waals surface area contributed by atoms with E-state index in [4.69, 9.17) is 4.74 Å². The third kappa shape index (κ3) is 5.72. The van der Waals surface area contributed by atoms with Crippen molar-refractivity contribution >= 4 is 27.7 Å². The first-order valence-corrected chi connectivity index (χ1v) is 13.0. The minimum atomic E-state index is -0.0474. The molecule has 2 aliphatic heterocycles. The number of nitrogens with one attached hydrogen (secondary N) is 1. The molecule has 0 unspecified atom stereocenters. The lowest BCUT2D eigenvalue weighted by molar-refractivity contribution is 0.00151. The normalized spacial score (nSPS) is 17.3. The van der Waals surface area contributed by atoms with Gasteiger partial charge in [-0.3, -0.25) is 9.69 Å². The average molecular weight is 536 g/mol. The van der Waals surface area contributed by atoms with E-state index in [-0.39, 0.29) is 5.91 Å². The quantitative estimate of drug-likeness (QED) is 0.502. The maximum absolute atomic E-state index is 13.3. The number of anilines is 1. The van der Waals surface area contributed by atoms with Crippen LogP contribution in [0.3, 0.4) is 0 Å². The van der Waals surface area contributed by atoms with Crippen molar-refractivity contribution in [3.05, 3.63) is 76.7 Å². The van der Waals surface area contributed by atoms with E-state index in [0.29, 0.717) is 28.6 Å². The fourth-order valence-corrected chi connectivity index (χ4v) is 5.36. The highest BCUT2D eigenvalue weighted by Gasteiger charge is 2.30. The Labute approximate surface area is 214 Å². The smallest absolute Gasteiger partial charge is 0.273 e. The monoisotopic (exact) mass is 535 g/mol. The molecule has 35 heavy (non-hydrogen) atoms. The number of carbonyl (C=O) groups is 1. The van der Waals surface area contributed by atoms with Crippen LogP contribution in [0, 0.1) is 0 Å². The molecule has 1 N–H and O–H groups in total. The molecule has 3 aromatic rings. The van der Waals surface area contributed by atoms with E-state index in [1.165, 1.54) is 17.5 Å². The lowest BCUT2D eigenvalue weighted by Gasteiger charge is -2.40. The Balaban J connectivity index is 1.22. The average Bonchev–Trinajstić information content (AvgIpc) is 2.93. The van der Waals surface area contributed by atoms with Crippen LogP contribution in [0.5, 0.6) is 0 Å². The summed E-state index contributed by atoms with van der Waals surface area (Å²) in [5.74, 6) is 0.575. The van der Waals surface area contributed by atoms with E-state index in [1.807, 2.05) is 23.1 Å². The highest BCUT2D eigenvalue weighted by molar-refractivity contribution is 9.10. The number of carbonyl (C=O) groups excluding carboxylic acids is 1. The first-order valence-electron chi connectivity index (χ1n) is 12.2. The SMILES string of the molecule is O=C(c1ncnc(NCc2cccc(-c3ccccc3)c2)c1Br)N1CCC(N2CCOCC2)CC1. The maximum atomic E-state index is 13.3. The van der Waals surface area contributed by atoms with Crippen LogP contribution in [0.1, 0.15) is 28.9 Å². The molecular weight excluding hydrogens is 506 g/mol. The second-order valence-corrected chi connectivity index (χ2v) is 9.77. The van der Waals surface area contributed by atoms with Crippen molar-refractivity contribution < 1.29 is 9.53 Å². The number of morpholine rings is 1. The molecule has 2 fully saturated rings. The van der Waals surface area contributed by atoms with Crippen molar-refractivity contribution in [2.75, 3.05) is 44.7 Å². The minimum absolute atomic E-state index is 0.0474. The summed E-state index contributed by atoms with van der Waals surface area (Å²) in [6, 6.07) is 19.3. The van der Waals surface area contributed by atoms with Gasteiger partial charge in [0.05, 0.1) is 17.7 Å². The van der Waals surface area contributed by atoms with Crippen LogP contribution in [-0.4, -0.2) is 71.1 Å². The summed E-state index contributed by atoms with van der Waals surface area (Å²) >= 11 is 3.59. The number of likely N-dealkylation sites (tertiary alicyclic amines) is 1. The van der Waals surface area contributed by atoms with Gasteiger partial charge in [-0.25, -0.2) is 9.97 Å². The van der Waals surface area contributed by atoms with Crippen LogP contribution >= 0.6 is 15.9 Å². The van der Waals surface area contributed by atoms with Crippen molar-refractivity contribution in [1.82, 2.24) is 19.8 Å². The number of hydrogen-bond donors (Lipinski definition) is 1. The van der Waals surface area contributed by atoms with E-state index < -0.39 is 0 Å². The summed E-state index contributed by atoms with van der Waals surface area (Å²) in [5, 5.41) is 3.37. The van der Waals surface area contributed by atoms with Gasteiger partial charge in [-0.2, -0.15) is 0 Å². The largest absolute Gasteiger partial charge is 0.379 e. The summed E-state index contributed by atoms with van der Waals surface area (Å²) in [6.45, 7) is 5.66. The molecule has 2 saturated heterocycles. The van der Waals surface area contributed by atoms with Crippen LogP contribution in [0.2, 0.25) is 0 Å². The number of hydrogen-bond acceptors (Lipinski definition) is 6. The topological polar surface area (TPSA) is 70.6 Å². The van der Waals surface area contributed by atoms with Crippen molar-refractivity contribution in [2.24, 2.45) is 0 Å². The number of halogens is 1. The zero-order valence-electron chi connectivity index (χ0n) is 19.7. The van der Waals surface area contributed by atoms with Gasteiger partial charge in [0.25, 0.3) is 5.91 Å². The van der Waals surface area contributed by atoms with Gasteiger partial charge in [-0.15, -0.1) is 0 Å². The Morgan fingerprint density at radius 1 is 0.971 bits per heavy atom. The molecule has 0 atom stereocenters. The summed E-state index contributed by atoms with van der Waals surface area (Å²) in [4.78, 5) is 26.4. The molecule has 182 valence electrons. The number of rotatable bonds is 6. The van der Waals surface area contributed by atoms with E-state index >= 15 is 0 Å². The van der Waals surface area contributed by atoms with Crippen LogP contribution in [0.4, 0.5) is 5.82 Å². The molecule has 1 amide bonds. The maximum Gasteiger partial charge on any atom is 0.273 e. The van der Waals surface area contributed by atoms with Crippen molar-refractivity contribution in [2.45, 2.75) is 25.4 Å². The Morgan fingerprint density at radius 3 is 2.49 bits per heavy atom. The molecule has 0 aliphatic carbocycles. The van der Waals surface area contributed by atoms with E-state index in [1.54, 1.807) is 0 Å². The first kappa shape index (κ1) is 23.9. The lowest BCUT2D eigenvalue weighted by atomic mass is 10.0. The molecule has 5 rings (SSSR count). The Bertz CT molecular complexity index is 1150. The first-order chi connectivity index (χ1) is 17.2. The number of nitrogens with zero attached hydrogens (tertiary/aromatic N) is 4. The van der Waals surface area contributed by atoms with Gasteiger partial charge in [0.1, 0.15) is 17.8 Å². The van der Waals surface area contributed by atoms with Gasteiger partial charge in [0.2, 0.25) is 0 Å². The summed E-state index contributed by atoms with van der Waals surface area (Å²) in [6.07, 6.45) is 3.43. The number of benzene rings is 2. The highest BCUT2D eigenvalue weighted by Crippen LogP contribution is 2.27. The standard InChI is InChI=1S/C27H30BrN5O2/c28-24-25(27(34)33-11-9-23(10-12-33)32-13-15-35-16-14-32)30-19-31-26(24)29-18-20-5-4-8-22(17-20)21-6-2-1-3-7-21/h1-8,17,19,23H,9-16,18H2,(H,29,30,31). The highest BCUT2D eigenvalue weighted by atomic mass is 79.9. The van der Waals surface area contributed by atoms with Gasteiger partial charge in [-0.1, -0.05) is 48.5 Å². The second-order valence-electron chi connectivity index (χ2n) is 8.98. The Kier molecular flexibility index (Phi) is 7.71. The number of amides is 1. The molecule has 0 spiro atoms. The second kappa shape index (κ2) is 11.3. The molecule has 3 heterocycles. The molecule has 2 aromatic carbocycles. The van der Waals surface area contributed by atoms with Crippen molar-refractivity contribution in [1.29, 1.82) is 0 Å². The summed E-state index contributed by atoms with van der Waals surface area (Å²) in [5.41, 5.74) is 3.89. The summed E-state index contributed by atoms with van der Waals surface area (Å²) < 4.78 is 6.09. The zero-order chi connectivity index (χ0) is 24.0. The molecule has 0 radical (unpaired) electrons. The fourth-order valence-electron chi connectivity index (χ4n) is 4.85. The number of ether oxygens (including phenoxy) is 1. The molecule has 0 saturated carbocycles. The molecule has 7 nitrogen and oxygen atoms in total. The van der Waals surface area contributed by atoms with Gasteiger partial charge < -0.3 is 15.0 Å². The van der Waals surface area contributed by atoms with Crippen molar-refractivity contribution in [3.63, 3.8) is 0 Å². The van der Waals surface area contributed by atoms with Gasteiger partial charge >= 0.3 is 0 Å². The van der Waals surface area contributed by atoms with Crippen LogP contribution in [-0.2, 0) is 11.3 Å². The van der Waals surface area contributed by atoms with Crippen LogP contribution < -0.4 is 5.32 Å². The predicted octanol–water partition coefficient (Wildman–Crippen LogP) is 4.46. The fraction of sp³-hybridized carbons (Fsp3) is 0.370. The van der Waals surface area contributed by atoms with Gasteiger partial charge in [0.15, 0.2) is 0 Å². The van der Waals surface area contributed by atoms with E-state index in [9.17, 15) is 4.79 Å². The van der Waals surface area contributed by atoms with E-state index in [2.05, 4.69) is 72.5 Å². The molecule has 1 aromatic heterocycles. The van der Waals surface area contributed by atoms with E-state index in [0.717, 1.165) is 57.8 Å². The molecule has 2 aliphatic rings. The lowest BCUT2D eigenvalue weighted by Crippen LogP contribution is -2.50. The molecule has 8 heteroatoms. The van der Waals surface area contributed by atoms with Gasteiger partial charge in [0, 0.05) is 38.8 Å². The summed E-state index contributed by atoms with van der Waals surface area (Å²) in [7, 11) is 0. The zero-order valence-corrected chi connectivity index (χ0v) is 21.3. The Morgan fingerprint density at radius 2 is 1.71 bits per heavy atom. The third-order valence-electron chi connectivity index (χ3n) is 6.80. The minimum Gasteiger partial charge on any atom is -0.379 e. The Hall–Kier alpha value is -2.81. The molecule has 0 bridgehead atoms. The third-order valence-corrected chi connectivity index (χ3v) is 7.55. The molecular formula is C27H30BrN5O2. The number of aromatic nitrogens is 2.